The van der Waals surface area contributed by atoms with Crippen LogP contribution in [0.2, 0.25) is 5.02 Å². The van der Waals surface area contributed by atoms with Gasteiger partial charge in [0, 0.05) is 32.4 Å². The predicted molar refractivity (Wildman–Crippen MR) is 78.9 cm³/mol. The molecule has 1 aromatic heterocycles. The number of thiophene rings is 1. The van der Waals surface area contributed by atoms with E-state index >= 15 is 0 Å². The van der Waals surface area contributed by atoms with E-state index in [1.54, 1.807) is 23.5 Å². The van der Waals surface area contributed by atoms with Gasteiger partial charge in [0.05, 0.1) is 0 Å². The van der Waals surface area contributed by atoms with Crippen molar-refractivity contribution in [2.75, 3.05) is 7.05 Å². The summed E-state index contributed by atoms with van der Waals surface area (Å²) in [6.07, 6.45) is 0.728. The summed E-state index contributed by atoms with van der Waals surface area (Å²) in [5, 5.41) is 5.71. The van der Waals surface area contributed by atoms with Crippen molar-refractivity contribution in [3.05, 3.63) is 55.4 Å². The van der Waals surface area contributed by atoms with E-state index in [2.05, 4.69) is 21.2 Å². The van der Waals surface area contributed by atoms with Gasteiger partial charge in [-0.3, -0.25) is 0 Å². The van der Waals surface area contributed by atoms with E-state index in [-0.39, 0.29) is 11.9 Å². The molecule has 0 spiro atoms. The van der Waals surface area contributed by atoms with E-state index in [1.807, 2.05) is 18.5 Å². The molecule has 0 aliphatic carbocycles. The molecule has 0 aliphatic heterocycles. The molecule has 1 aromatic carbocycles. The first-order valence-corrected chi connectivity index (χ1v) is 7.51. The first kappa shape index (κ1) is 14.0. The van der Waals surface area contributed by atoms with E-state index in [9.17, 15) is 4.39 Å². The highest BCUT2D eigenvalue weighted by Gasteiger charge is 2.17. The van der Waals surface area contributed by atoms with Crippen molar-refractivity contribution >= 4 is 38.9 Å². The van der Waals surface area contributed by atoms with E-state index in [0.29, 0.717) is 10.6 Å². The summed E-state index contributed by atoms with van der Waals surface area (Å²) in [7, 11) is 1.83. The first-order chi connectivity index (χ1) is 8.61. The quantitative estimate of drug-likeness (QED) is 0.836. The Morgan fingerprint density at radius 1 is 1.44 bits per heavy atom. The summed E-state index contributed by atoms with van der Waals surface area (Å²) in [6.45, 7) is 0. The minimum atomic E-state index is -0.230. The molecule has 2 aromatic rings. The van der Waals surface area contributed by atoms with Crippen molar-refractivity contribution in [1.29, 1.82) is 0 Å². The van der Waals surface area contributed by atoms with Crippen molar-refractivity contribution in [3.63, 3.8) is 0 Å². The van der Waals surface area contributed by atoms with Crippen molar-refractivity contribution in [1.82, 2.24) is 5.32 Å². The average molecular weight is 349 g/mol. The number of nitrogens with one attached hydrogen (secondary N) is 1. The van der Waals surface area contributed by atoms with Crippen LogP contribution in [-0.4, -0.2) is 7.05 Å². The Hall–Kier alpha value is -0.420. The Balaban J connectivity index is 2.28. The second-order valence-electron chi connectivity index (χ2n) is 3.90. The Morgan fingerprint density at radius 2 is 2.22 bits per heavy atom. The van der Waals surface area contributed by atoms with Gasteiger partial charge in [-0.05, 0) is 52.6 Å². The zero-order valence-corrected chi connectivity index (χ0v) is 12.9. The van der Waals surface area contributed by atoms with E-state index < -0.39 is 0 Å². The topological polar surface area (TPSA) is 12.0 Å². The molecular weight excluding hydrogens is 337 g/mol. The van der Waals surface area contributed by atoms with Gasteiger partial charge in [0.15, 0.2) is 0 Å². The largest absolute Gasteiger partial charge is 0.313 e. The Bertz CT molecular complexity index is 544. The molecule has 0 saturated heterocycles. The van der Waals surface area contributed by atoms with Gasteiger partial charge in [-0.25, -0.2) is 4.39 Å². The third-order valence-corrected chi connectivity index (χ3v) is 4.95. The molecule has 0 saturated carbocycles. The second-order valence-corrected chi connectivity index (χ2v) is 6.19. The Labute approximate surface area is 123 Å². The van der Waals surface area contributed by atoms with Crippen LogP contribution in [0.25, 0.3) is 0 Å². The number of likely N-dealkylation sites (N-methyl/N-ethyl adjacent to an activating group) is 1. The second kappa shape index (κ2) is 6.15. The van der Waals surface area contributed by atoms with Crippen LogP contribution in [0.4, 0.5) is 4.39 Å². The summed E-state index contributed by atoms with van der Waals surface area (Å²) in [5.41, 5.74) is 0.602. The number of rotatable bonds is 4. The minimum Gasteiger partial charge on any atom is -0.313 e. The molecule has 1 unspecified atom stereocenters. The number of hydrogen-bond donors (Lipinski definition) is 1. The fourth-order valence-electron chi connectivity index (χ4n) is 1.81. The molecule has 1 atom stereocenters. The fraction of sp³-hybridized carbons (Fsp3) is 0.231. The molecule has 2 rings (SSSR count). The molecule has 18 heavy (non-hydrogen) atoms. The maximum atomic E-state index is 13.8. The maximum absolute atomic E-state index is 13.8. The summed E-state index contributed by atoms with van der Waals surface area (Å²) in [5.74, 6) is -0.230. The highest BCUT2D eigenvalue weighted by atomic mass is 79.9. The smallest absolute Gasteiger partial charge is 0.128 e. The average Bonchev–Trinajstić information content (AvgIpc) is 2.75. The van der Waals surface area contributed by atoms with Gasteiger partial charge in [-0.15, -0.1) is 11.3 Å². The van der Waals surface area contributed by atoms with Crippen LogP contribution in [0.3, 0.4) is 0 Å². The van der Waals surface area contributed by atoms with Gasteiger partial charge in [0.2, 0.25) is 0 Å². The molecule has 1 N–H and O–H groups in total. The lowest BCUT2D eigenvalue weighted by Crippen LogP contribution is -2.19. The maximum Gasteiger partial charge on any atom is 0.128 e. The van der Waals surface area contributed by atoms with Crippen molar-refractivity contribution < 1.29 is 4.39 Å². The summed E-state index contributed by atoms with van der Waals surface area (Å²) in [4.78, 5) is 1.19. The normalized spacial score (nSPS) is 12.7. The molecule has 0 fully saturated rings. The van der Waals surface area contributed by atoms with Crippen LogP contribution in [-0.2, 0) is 6.42 Å². The van der Waals surface area contributed by atoms with Crippen molar-refractivity contribution in [2.24, 2.45) is 0 Å². The van der Waals surface area contributed by atoms with Gasteiger partial charge in [-0.2, -0.15) is 0 Å². The number of benzene rings is 1. The molecule has 1 nitrogen and oxygen atoms in total. The molecule has 0 aliphatic rings. The zero-order valence-electron chi connectivity index (χ0n) is 9.71. The standard InChI is InChI=1S/C13H12BrClFNS/c1-17-12(7-13-10(14)4-5-18-13)9-6-8(15)2-3-11(9)16/h2-6,12,17H,7H2,1H3. The van der Waals surface area contributed by atoms with Gasteiger partial charge in [-0.1, -0.05) is 11.6 Å². The molecule has 96 valence electrons. The first-order valence-electron chi connectivity index (χ1n) is 5.46. The van der Waals surface area contributed by atoms with Gasteiger partial charge < -0.3 is 5.32 Å². The van der Waals surface area contributed by atoms with E-state index in [1.165, 1.54) is 10.9 Å². The summed E-state index contributed by atoms with van der Waals surface area (Å²) >= 11 is 11.1. The number of halogens is 3. The lowest BCUT2D eigenvalue weighted by atomic mass is 10.0. The molecule has 5 heteroatoms. The Morgan fingerprint density at radius 3 is 2.83 bits per heavy atom. The summed E-state index contributed by atoms with van der Waals surface area (Å²) < 4.78 is 14.9. The number of hydrogen-bond acceptors (Lipinski definition) is 2. The highest BCUT2D eigenvalue weighted by Crippen LogP contribution is 2.30. The zero-order chi connectivity index (χ0) is 13.1. The minimum absolute atomic E-state index is 0.0846. The lowest BCUT2D eigenvalue weighted by molar-refractivity contribution is 0.536. The fourth-order valence-corrected chi connectivity index (χ4v) is 3.55. The Kier molecular flexibility index (Phi) is 4.78. The van der Waals surface area contributed by atoms with Crippen LogP contribution in [0.5, 0.6) is 0 Å². The SMILES string of the molecule is CNC(Cc1sccc1Br)c1cc(Cl)ccc1F. The van der Waals surface area contributed by atoms with Crippen molar-refractivity contribution in [3.8, 4) is 0 Å². The van der Waals surface area contributed by atoms with E-state index in [0.717, 1.165) is 10.9 Å². The molecular formula is C13H12BrClFNS. The van der Waals surface area contributed by atoms with E-state index in [4.69, 9.17) is 11.6 Å². The van der Waals surface area contributed by atoms with Crippen LogP contribution >= 0.6 is 38.9 Å². The van der Waals surface area contributed by atoms with Crippen LogP contribution < -0.4 is 5.32 Å². The van der Waals surface area contributed by atoms with Crippen LogP contribution in [0, 0.1) is 5.82 Å². The predicted octanol–water partition coefficient (Wildman–Crippen LogP) is 4.81. The van der Waals surface area contributed by atoms with Crippen LogP contribution in [0.15, 0.2) is 34.1 Å². The third-order valence-electron chi connectivity index (χ3n) is 2.76. The molecule has 1 heterocycles. The van der Waals surface area contributed by atoms with Gasteiger partial charge in [0.1, 0.15) is 5.82 Å². The highest BCUT2D eigenvalue weighted by molar-refractivity contribution is 9.10. The molecule has 0 bridgehead atoms. The summed E-state index contributed by atoms with van der Waals surface area (Å²) in [6, 6.07) is 6.57. The molecule has 0 radical (unpaired) electrons. The third kappa shape index (κ3) is 3.12. The van der Waals surface area contributed by atoms with Crippen molar-refractivity contribution in [2.45, 2.75) is 12.5 Å². The monoisotopic (exact) mass is 347 g/mol. The molecule has 0 amide bonds. The lowest BCUT2D eigenvalue weighted by Gasteiger charge is -2.17. The van der Waals surface area contributed by atoms with Gasteiger partial charge >= 0.3 is 0 Å². The van der Waals surface area contributed by atoms with Gasteiger partial charge in [0.25, 0.3) is 0 Å². The van der Waals surface area contributed by atoms with Crippen LogP contribution in [0.1, 0.15) is 16.5 Å².